The van der Waals surface area contributed by atoms with Crippen molar-refractivity contribution < 1.29 is 4.74 Å². The van der Waals surface area contributed by atoms with Gasteiger partial charge in [-0.15, -0.1) is 0 Å². The van der Waals surface area contributed by atoms with Crippen LogP contribution in [0.2, 0.25) is 5.15 Å². The molecule has 1 N–H and O–H groups in total. The van der Waals surface area contributed by atoms with E-state index < -0.39 is 0 Å². The van der Waals surface area contributed by atoms with Gasteiger partial charge in [-0.1, -0.05) is 11.6 Å². The molecule has 1 atom stereocenters. The van der Waals surface area contributed by atoms with Crippen LogP contribution in [0.1, 0.15) is 24.1 Å². The molecule has 2 fully saturated rings. The molecule has 5 nitrogen and oxygen atoms in total. The quantitative estimate of drug-likeness (QED) is 0.891. The summed E-state index contributed by atoms with van der Waals surface area (Å²) >= 11 is 6.23. The number of rotatable bonds is 5. The zero-order valence-electron chi connectivity index (χ0n) is 12.2. The fourth-order valence-electron chi connectivity index (χ4n) is 2.87. The third kappa shape index (κ3) is 3.17. The third-order valence-corrected chi connectivity index (χ3v) is 4.65. The molecule has 1 aliphatic heterocycles. The van der Waals surface area contributed by atoms with E-state index in [4.69, 9.17) is 16.3 Å². The Balaban J connectivity index is 1.47. The Morgan fingerprint density at radius 3 is 2.90 bits per heavy atom. The Bertz CT molecular complexity index is 472. The van der Waals surface area contributed by atoms with Crippen molar-refractivity contribution in [3.05, 3.63) is 16.4 Å². The largest absolute Gasteiger partial charge is 0.374 e. The van der Waals surface area contributed by atoms with Gasteiger partial charge in [0.15, 0.2) is 0 Å². The summed E-state index contributed by atoms with van der Waals surface area (Å²) in [7, 11) is 1.87. The molecule has 1 saturated carbocycles. The van der Waals surface area contributed by atoms with E-state index in [1.165, 1.54) is 12.8 Å². The predicted octanol–water partition coefficient (Wildman–Crippen LogP) is 1.33. The second-order valence-electron chi connectivity index (χ2n) is 5.83. The molecule has 0 aromatic carbocycles. The van der Waals surface area contributed by atoms with Crippen LogP contribution in [0.3, 0.4) is 0 Å². The maximum atomic E-state index is 6.23. The summed E-state index contributed by atoms with van der Waals surface area (Å²) < 4.78 is 7.55. The summed E-state index contributed by atoms with van der Waals surface area (Å²) in [6.45, 7) is 6.62. The number of morpholine rings is 1. The molecule has 112 valence electrons. The van der Waals surface area contributed by atoms with Gasteiger partial charge in [0.2, 0.25) is 0 Å². The van der Waals surface area contributed by atoms with Gasteiger partial charge in [0.25, 0.3) is 0 Å². The van der Waals surface area contributed by atoms with E-state index in [-0.39, 0.29) is 0 Å². The van der Waals surface area contributed by atoms with Crippen molar-refractivity contribution in [2.24, 2.45) is 7.05 Å². The lowest BCUT2D eigenvalue weighted by molar-refractivity contribution is -0.0301. The average molecular weight is 299 g/mol. The lowest BCUT2D eigenvalue weighted by atomic mass is 10.2. The fraction of sp³-hybridized carbons (Fsp3) is 0.786. The number of ether oxygens (including phenoxy) is 1. The highest BCUT2D eigenvalue weighted by molar-refractivity contribution is 6.30. The molecule has 1 unspecified atom stereocenters. The maximum absolute atomic E-state index is 6.23. The molecule has 6 heteroatoms. The van der Waals surface area contributed by atoms with Crippen LogP contribution in [0.5, 0.6) is 0 Å². The SMILES string of the molecule is Cc1nn(C)c(Cl)c1CNCC1CN(C2CC2)CCO1. The fourth-order valence-corrected chi connectivity index (χ4v) is 3.11. The first-order valence-electron chi connectivity index (χ1n) is 7.39. The van der Waals surface area contributed by atoms with Gasteiger partial charge in [-0.05, 0) is 19.8 Å². The highest BCUT2D eigenvalue weighted by Crippen LogP contribution is 2.28. The van der Waals surface area contributed by atoms with Crippen LogP contribution in [-0.4, -0.2) is 53.1 Å². The Hall–Kier alpha value is -0.620. The first kappa shape index (κ1) is 14.3. The Labute approximate surface area is 125 Å². The summed E-state index contributed by atoms with van der Waals surface area (Å²) in [6, 6.07) is 0.830. The lowest BCUT2D eigenvalue weighted by Crippen LogP contribution is -2.47. The van der Waals surface area contributed by atoms with Gasteiger partial charge in [0, 0.05) is 44.8 Å². The van der Waals surface area contributed by atoms with Crippen LogP contribution in [0.15, 0.2) is 0 Å². The second kappa shape index (κ2) is 6.02. The Kier molecular flexibility index (Phi) is 4.31. The number of nitrogens with one attached hydrogen (secondary N) is 1. The summed E-state index contributed by atoms with van der Waals surface area (Å²) in [5.41, 5.74) is 2.08. The third-order valence-electron chi connectivity index (χ3n) is 4.18. The zero-order chi connectivity index (χ0) is 14.1. The van der Waals surface area contributed by atoms with Crippen molar-refractivity contribution in [2.45, 2.75) is 38.5 Å². The number of aromatic nitrogens is 2. The van der Waals surface area contributed by atoms with Gasteiger partial charge in [0.05, 0.1) is 18.4 Å². The van der Waals surface area contributed by atoms with Crippen molar-refractivity contribution in [1.29, 1.82) is 0 Å². The van der Waals surface area contributed by atoms with Gasteiger partial charge >= 0.3 is 0 Å². The number of nitrogens with zero attached hydrogens (tertiary/aromatic N) is 3. The van der Waals surface area contributed by atoms with E-state index >= 15 is 0 Å². The summed E-state index contributed by atoms with van der Waals surface area (Å²) in [4.78, 5) is 2.57. The molecule has 1 aromatic rings. The molecule has 0 bridgehead atoms. The van der Waals surface area contributed by atoms with E-state index in [2.05, 4.69) is 15.3 Å². The normalized spacial score (nSPS) is 24.2. The van der Waals surface area contributed by atoms with E-state index in [1.807, 2.05) is 14.0 Å². The molecule has 1 aromatic heterocycles. The monoisotopic (exact) mass is 298 g/mol. The van der Waals surface area contributed by atoms with E-state index in [9.17, 15) is 0 Å². The van der Waals surface area contributed by atoms with Crippen molar-refractivity contribution in [2.75, 3.05) is 26.2 Å². The molecular weight excluding hydrogens is 276 g/mol. The van der Waals surface area contributed by atoms with Crippen LogP contribution in [0, 0.1) is 6.92 Å². The van der Waals surface area contributed by atoms with Gasteiger partial charge in [-0.3, -0.25) is 9.58 Å². The van der Waals surface area contributed by atoms with Gasteiger partial charge in [-0.25, -0.2) is 0 Å². The molecule has 2 aliphatic rings. The average Bonchev–Trinajstić information content (AvgIpc) is 3.24. The minimum absolute atomic E-state index is 0.292. The summed E-state index contributed by atoms with van der Waals surface area (Å²) in [6.07, 6.45) is 3.02. The molecule has 0 amide bonds. The van der Waals surface area contributed by atoms with Crippen LogP contribution < -0.4 is 5.32 Å². The van der Waals surface area contributed by atoms with Crippen molar-refractivity contribution in [3.8, 4) is 0 Å². The van der Waals surface area contributed by atoms with Crippen LogP contribution in [0.25, 0.3) is 0 Å². The van der Waals surface area contributed by atoms with Crippen molar-refractivity contribution in [1.82, 2.24) is 20.0 Å². The highest BCUT2D eigenvalue weighted by Gasteiger charge is 2.32. The molecule has 2 heterocycles. The van der Waals surface area contributed by atoms with Crippen LogP contribution in [-0.2, 0) is 18.3 Å². The molecular formula is C14H23ClN4O. The Morgan fingerprint density at radius 2 is 2.25 bits per heavy atom. The number of aryl methyl sites for hydroxylation is 2. The van der Waals surface area contributed by atoms with E-state index in [1.54, 1.807) is 4.68 Å². The molecule has 1 aliphatic carbocycles. The van der Waals surface area contributed by atoms with Crippen LogP contribution in [0.4, 0.5) is 0 Å². The molecule has 3 rings (SSSR count). The number of hydrogen-bond acceptors (Lipinski definition) is 4. The standard InChI is InChI=1S/C14H23ClN4O/c1-10-13(14(15)18(2)17-10)8-16-7-12-9-19(5-6-20-12)11-3-4-11/h11-12,16H,3-9H2,1-2H3. The molecule has 20 heavy (non-hydrogen) atoms. The minimum Gasteiger partial charge on any atom is -0.374 e. The molecule has 1 saturated heterocycles. The van der Waals surface area contributed by atoms with Crippen molar-refractivity contribution in [3.63, 3.8) is 0 Å². The van der Waals surface area contributed by atoms with Crippen LogP contribution >= 0.6 is 11.6 Å². The van der Waals surface area contributed by atoms with E-state index in [0.717, 1.165) is 55.2 Å². The second-order valence-corrected chi connectivity index (χ2v) is 6.19. The van der Waals surface area contributed by atoms with Crippen molar-refractivity contribution >= 4 is 11.6 Å². The van der Waals surface area contributed by atoms with Gasteiger partial charge in [-0.2, -0.15) is 5.10 Å². The predicted molar refractivity (Wildman–Crippen MR) is 79.0 cm³/mol. The number of hydrogen-bond donors (Lipinski definition) is 1. The first-order valence-corrected chi connectivity index (χ1v) is 7.77. The topological polar surface area (TPSA) is 42.3 Å². The summed E-state index contributed by atoms with van der Waals surface area (Å²) in [5.74, 6) is 0. The smallest absolute Gasteiger partial charge is 0.131 e. The zero-order valence-corrected chi connectivity index (χ0v) is 13.0. The van der Waals surface area contributed by atoms with Gasteiger partial charge < -0.3 is 10.1 Å². The Morgan fingerprint density at radius 1 is 1.45 bits per heavy atom. The summed E-state index contributed by atoms with van der Waals surface area (Å²) in [5, 5.41) is 8.50. The lowest BCUT2D eigenvalue weighted by Gasteiger charge is -2.33. The maximum Gasteiger partial charge on any atom is 0.131 e. The number of halogens is 1. The minimum atomic E-state index is 0.292. The van der Waals surface area contributed by atoms with E-state index in [0.29, 0.717) is 6.10 Å². The first-order chi connectivity index (χ1) is 9.65. The molecule has 0 spiro atoms. The molecule has 0 radical (unpaired) electrons. The highest BCUT2D eigenvalue weighted by atomic mass is 35.5. The van der Waals surface area contributed by atoms with Gasteiger partial charge in [0.1, 0.15) is 5.15 Å².